The second-order valence-electron chi connectivity index (χ2n) is 4.28. The Bertz CT molecular complexity index is 860. The average Bonchev–Trinajstić information content (AvgIpc) is 3.18. The maximum Gasteiger partial charge on any atom is 0.196 e. The van der Waals surface area contributed by atoms with Gasteiger partial charge in [0.15, 0.2) is 4.96 Å². The summed E-state index contributed by atoms with van der Waals surface area (Å²) < 4.78 is 2.00. The van der Waals surface area contributed by atoms with Crippen LogP contribution < -0.4 is 5.73 Å². The fourth-order valence-electron chi connectivity index (χ4n) is 2.17. The normalized spacial score (nSPS) is 11.2. The predicted octanol–water partition coefficient (Wildman–Crippen LogP) is 3.77. The van der Waals surface area contributed by atoms with Crippen LogP contribution in [0.15, 0.2) is 47.3 Å². The van der Waals surface area contributed by atoms with E-state index in [4.69, 9.17) is 5.73 Å². The van der Waals surface area contributed by atoms with Crippen LogP contribution in [0.2, 0.25) is 0 Å². The summed E-state index contributed by atoms with van der Waals surface area (Å²) in [6, 6.07) is 9.88. The van der Waals surface area contributed by atoms with Gasteiger partial charge in [-0.05, 0) is 23.6 Å². The third-order valence-corrected chi connectivity index (χ3v) is 4.80. The van der Waals surface area contributed by atoms with Gasteiger partial charge >= 0.3 is 0 Å². The summed E-state index contributed by atoms with van der Waals surface area (Å²) in [6.45, 7) is 0. The molecule has 0 saturated carbocycles. The zero-order valence-electron chi connectivity index (χ0n) is 10.4. The van der Waals surface area contributed by atoms with Gasteiger partial charge < -0.3 is 5.73 Å². The summed E-state index contributed by atoms with van der Waals surface area (Å²) >= 11 is 3.29. The summed E-state index contributed by atoms with van der Waals surface area (Å²) in [5.41, 5.74) is 8.93. The van der Waals surface area contributed by atoms with Gasteiger partial charge in [-0.2, -0.15) is 0 Å². The molecule has 98 valence electrons. The van der Waals surface area contributed by atoms with E-state index in [-0.39, 0.29) is 0 Å². The van der Waals surface area contributed by atoms with Crippen LogP contribution in [0.5, 0.6) is 0 Å². The average molecular weight is 298 g/mol. The van der Waals surface area contributed by atoms with Gasteiger partial charge in [0.25, 0.3) is 0 Å². The third-order valence-electron chi connectivity index (χ3n) is 3.08. The fourth-order valence-corrected chi connectivity index (χ4v) is 3.87. The summed E-state index contributed by atoms with van der Waals surface area (Å²) in [5, 5.41) is 4.15. The van der Waals surface area contributed by atoms with E-state index in [1.54, 1.807) is 28.9 Å². The molecule has 6 heteroatoms. The molecule has 0 atom stereocenters. The molecule has 4 nitrogen and oxygen atoms in total. The van der Waals surface area contributed by atoms with E-state index < -0.39 is 0 Å². The third kappa shape index (κ3) is 1.65. The number of aromatic nitrogens is 3. The van der Waals surface area contributed by atoms with E-state index in [1.807, 2.05) is 28.7 Å². The molecule has 0 radical (unpaired) electrons. The van der Waals surface area contributed by atoms with E-state index in [0.717, 1.165) is 22.0 Å². The first-order valence-corrected chi connectivity index (χ1v) is 7.81. The molecular weight excluding hydrogens is 288 g/mol. The lowest BCUT2D eigenvalue weighted by atomic mass is 10.3. The van der Waals surface area contributed by atoms with Crippen LogP contribution >= 0.6 is 22.7 Å². The molecule has 0 aliphatic rings. The van der Waals surface area contributed by atoms with Crippen LogP contribution in [0.3, 0.4) is 0 Å². The molecule has 4 heterocycles. The first-order valence-electron chi connectivity index (χ1n) is 6.05. The van der Waals surface area contributed by atoms with Crippen molar-refractivity contribution in [2.75, 3.05) is 5.73 Å². The van der Waals surface area contributed by atoms with Crippen molar-refractivity contribution in [1.82, 2.24) is 14.4 Å². The number of thiazole rings is 1. The molecule has 0 aliphatic heterocycles. The molecule has 0 aromatic carbocycles. The van der Waals surface area contributed by atoms with Crippen molar-refractivity contribution in [2.45, 2.75) is 0 Å². The van der Waals surface area contributed by atoms with Crippen molar-refractivity contribution in [3.05, 3.63) is 47.3 Å². The van der Waals surface area contributed by atoms with Crippen molar-refractivity contribution in [2.24, 2.45) is 0 Å². The number of nitrogens with zero attached hydrogens (tertiary/aromatic N) is 3. The first kappa shape index (κ1) is 11.6. The zero-order chi connectivity index (χ0) is 13.5. The number of nitrogens with two attached hydrogens (primary N) is 1. The summed E-state index contributed by atoms with van der Waals surface area (Å²) in [6.07, 6.45) is 1.75. The van der Waals surface area contributed by atoms with Crippen LogP contribution in [-0.4, -0.2) is 14.4 Å². The first-order chi connectivity index (χ1) is 9.84. The molecule has 0 amide bonds. The minimum Gasteiger partial charge on any atom is -0.383 e. The number of fused-ring (bicyclic) bond motifs is 1. The topological polar surface area (TPSA) is 56.2 Å². The smallest absolute Gasteiger partial charge is 0.196 e. The highest BCUT2D eigenvalue weighted by Crippen LogP contribution is 2.35. The van der Waals surface area contributed by atoms with Crippen LogP contribution in [0.25, 0.3) is 26.9 Å². The van der Waals surface area contributed by atoms with Gasteiger partial charge in [-0.3, -0.25) is 9.38 Å². The second-order valence-corrected chi connectivity index (χ2v) is 6.06. The number of hydrogen-bond acceptors (Lipinski definition) is 5. The van der Waals surface area contributed by atoms with Gasteiger partial charge in [-0.1, -0.05) is 12.1 Å². The second kappa shape index (κ2) is 4.43. The highest BCUT2D eigenvalue weighted by molar-refractivity contribution is 7.17. The highest BCUT2D eigenvalue weighted by Gasteiger charge is 2.17. The Labute approximate surface area is 123 Å². The van der Waals surface area contributed by atoms with Gasteiger partial charge in [0.1, 0.15) is 11.5 Å². The molecular formula is C14H10N4S2. The Balaban J connectivity index is 1.97. The van der Waals surface area contributed by atoms with E-state index >= 15 is 0 Å². The lowest BCUT2D eigenvalue weighted by molar-refractivity contribution is 1.25. The Kier molecular flexibility index (Phi) is 2.58. The van der Waals surface area contributed by atoms with Crippen LogP contribution in [0.1, 0.15) is 0 Å². The molecule has 0 fully saturated rings. The number of anilines is 1. The minimum absolute atomic E-state index is 0.642. The predicted molar refractivity (Wildman–Crippen MR) is 84.0 cm³/mol. The van der Waals surface area contributed by atoms with Crippen molar-refractivity contribution in [3.63, 3.8) is 0 Å². The Morgan fingerprint density at radius 3 is 2.80 bits per heavy atom. The molecule has 4 rings (SSSR count). The maximum atomic E-state index is 6.29. The highest BCUT2D eigenvalue weighted by atomic mass is 32.1. The van der Waals surface area contributed by atoms with E-state index in [2.05, 4.69) is 26.8 Å². The van der Waals surface area contributed by atoms with Crippen molar-refractivity contribution in [1.29, 1.82) is 0 Å². The number of imidazole rings is 1. The quantitative estimate of drug-likeness (QED) is 0.613. The molecule has 0 unspecified atom stereocenters. The standard InChI is InChI=1S/C14H10N4S2/c15-13-12(9-4-1-2-6-16-9)17-14-18(13)10(8-20-14)11-5-3-7-19-11/h1-8H,15H2. The molecule has 0 aliphatic carbocycles. The van der Waals surface area contributed by atoms with Crippen LogP contribution in [0, 0.1) is 0 Å². The Morgan fingerprint density at radius 1 is 1.10 bits per heavy atom. The number of hydrogen-bond donors (Lipinski definition) is 1. The molecule has 4 aromatic heterocycles. The Morgan fingerprint density at radius 2 is 2.05 bits per heavy atom. The van der Waals surface area contributed by atoms with Gasteiger partial charge in [-0.25, -0.2) is 4.98 Å². The molecule has 0 bridgehead atoms. The van der Waals surface area contributed by atoms with Crippen LogP contribution in [0.4, 0.5) is 5.82 Å². The summed E-state index contributed by atoms with van der Waals surface area (Å²) in [4.78, 5) is 11.0. The van der Waals surface area contributed by atoms with E-state index in [1.165, 1.54) is 4.88 Å². The Hall–Kier alpha value is -2.18. The van der Waals surface area contributed by atoms with Crippen molar-refractivity contribution in [3.8, 4) is 22.0 Å². The zero-order valence-corrected chi connectivity index (χ0v) is 12.0. The van der Waals surface area contributed by atoms with E-state index in [9.17, 15) is 0 Å². The van der Waals surface area contributed by atoms with Gasteiger partial charge in [0.05, 0.1) is 16.3 Å². The molecule has 0 spiro atoms. The van der Waals surface area contributed by atoms with Gasteiger partial charge in [0.2, 0.25) is 0 Å². The summed E-state index contributed by atoms with van der Waals surface area (Å²) in [7, 11) is 0. The number of nitrogen functional groups attached to an aromatic ring is 1. The lowest BCUT2D eigenvalue weighted by Gasteiger charge is -2.00. The molecule has 20 heavy (non-hydrogen) atoms. The van der Waals surface area contributed by atoms with Crippen molar-refractivity contribution >= 4 is 33.5 Å². The summed E-state index contributed by atoms with van der Waals surface area (Å²) in [5.74, 6) is 0.642. The molecule has 4 aromatic rings. The number of thiophene rings is 1. The number of rotatable bonds is 2. The maximum absolute atomic E-state index is 6.29. The molecule has 2 N–H and O–H groups in total. The van der Waals surface area contributed by atoms with E-state index in [0.29, 0.717) is 5.82 Å². The minimum atomic E-state index is 0.642. The van der Waals surface area contributed by atoms with Gasteiger partial charge in [-0.15, -0.1) is 22.7 Å². The largest absolute Gasteiger partial charge is 0.383 e. The fraction of sp³-hybridized carbons (Fsp3) is 0. The SMILES string of the molecule is Nc1c(-c2ccccn2)nc2scc(-c3cccs3)n12. The van der Waals surface area contributed by atoms with Crippen molar-refractivity contribution < 1.29 is 0 Å². The number of pyridine rings is 1. The lowest BCUT2D eigenvalue weighted by Crippen LogP contribution is -1.95. The molecule has 0 saturated heterocycles. The van der Waals surface area contributed by atoms with Crippen LogP contribution in [-0.2, 0) is 0 Å². The van der Waals surface area contributed by atoms with Gasteiger partial charge in [0, 0.05) is 11.6 Å². The monoisotopic (exact) mass is 298 g/mol.